The zero-order valence-electron chi connectivity index (χ0n) is 35.1. The average Bonchev–Trinajstić information content (AvgIpc) is 3.96. The van der Waals surface area contributed by atoms with Crippen LogP contribution in [0.2, 0.25) is 0 Å². The summed E-state index contributed by atoms with van der Waals surface area (Å²) in [6, 6.07) is 79.0. The molecule has 0 atom stereocenters. The number of thiophene rings is 1. The van der Waals surface area contributed by atoms with Gasteiger partial charge in [0.25, 0.3) is 0 Å². The molecule has 0 N–H and O–H groups in total. The lowest BCUT2D eigenvalue weighted by atomic mass is 9.81. The Morgan fingerprint density at radius 2 is 0.841 bits per heavy atom. The molecule has 0 aliphatic heterocycles. The molecular formula is C61H41NS. The van der Waals surface area contributed by atoms with Crippen molar-refractivity contribution in [2.24, 2.45) is 0 Å². The van der Waals surface area contributed by atoms with E-state index >= 15 is 0 Å². The van der Waals surface area contributed by atoms with E-state index in [1.54, 1.807) is 0 Å². The van der Waals surface area contributed by atoms with Crippen molar-refractivity contribution < 1.29 is 0 Å². The van der Waals surface area contributed by atoms with Gasteiger partial charge in [-0.2, -0.15) is 0 Å². The van der Waals surface area contributed by atoms with E-state index < -0.39 is 0 Å². The minimum Gasteiger partial charge on any atom is -0.310 e. The molecule has 0 amide bonds. The van der Waals surface area contributed by atoms with Crippen LogP contribution in [0.5, 0.6) is 0 Å². The number of fused-ring (bicyclic) bond motifs is 9. The van der Waals surface area contributed by atoms with Crippen molar-refractivity contribution in [3.63, 3.8) is 0 Å². The van der Waals surface area contributed by atoms with E-state index in [0.717, 1.165) is 17.1 Å². The molecule has 0 spiro atoms. The van der Waals surface area contributed by atoms with Gasteiger partial charge in [0.2, 0.25) is 0 Å². The van der Waals surface area contributed by atoms with Gasteiger partial charge in [-0.3, -0.25) is 0 Å². The summed E-state index contributed by atoms with van der Waals surface area (Å²) in [5, 5.41) is 5.30. The van der Waals surface area contributed by atoms with Crippen LogP contribution in [-0.2, 0) is 5.41 Å². The number of hydrogen-bond acceptors (Lipinski definition) is 2. The molecule has 0 bridgehead atoms. The standard InChI is InChI=1S/C61H41NS/c1-61(2)56-36-41(38-12-4-3-5-13-38)26-32-49(56)50-33-31-44(37-57(50)61)62(43-29-24-40(25-30-43)46-17-10-20-55-51-16-8-9-21-58(51)63-60(46)55)42-27-22-39(23-28-42)45-34-35-54-48-15-7-6-14-47(48)53-19-11-18-52(45)59(53)54/h3-37H,1-2H3. The summed E-state index contributed by atoms with van der Waals surface area (Å²) in [6.45, 7) is 4.77. The fraction of sp³-hybridized carbons (Fsp3) is 0.0492. The van der Waals surface area contributed by atoms with E-state index in [1.807, 2.05) is 11.3 Å². The van der Waals surface area contributed by atoms with Gasteiger partial charge in [0, 0.05) is 42.6 Å². The normalized spacial score (nSPS) is 13.0. The molecule has 0 saturated carbocycles. The van der Waals surface area contributed by atoms with Crippen LogP contribution in [0.25, 0.3) is 97.7 Å². The summed E-state index contributed by atoms with van der Waals surface area (Å²) >= 11 is 1.88. The van der Waals surface area contributed by atoms with E-state index in [-0.39, 0.29) is 5.41 Å². The van der Waals surface area contributed by atoms with Gasteiger partial charge in [-0.25, -0.2) is 0 Å². The highest BCUT2D eigenvalue weighted by Crippen LogP contribution is 2.53. The lowest BCUT2D eigenvalue weighted by Gasteiger charge is -2.28. The molecule has 2 heteroatoms. The average molecular weight is 820 g/mol. The van der Waals surface area contributed by atoms with Crippen molar-refractivity contribution in [1.82, 2.24) is 0 Å². The van der Waals surface area contributed by atoms with Gasteiger partial charge in [-0.15, -0.1) is 11.3 Å². The first-order valence-electron chi connectivity index (χ1n) is 21.9. The van der Waals surface area contributed by atoms with Crippen molar-refractivity contribution >= 4 is 59.3 Å². The summed E-state index contributed by atoms with van der Waals surface area (Å²) in [5.41, 5.74) is 21.4. The minimum absolute atomic E-state index is 0.177. The van der Waals surface area contributed by atoms with Crippen LogP contribution in [0.3, 0.4) is 0 Å². The quantitative estimate of drug-likeness (QED) is 0.162. The first-order valence-corrected chi connectivity index (χ1v) is 22.7. The highest BCUT2D eigenvalue weighted by molar-refractivity contribution is 7.26. The van der Waals surface area contributed by atoms with Gasteiger partial charge < -0.3 is 4.90 Å². The monoisotopic (exact) mass is 819 g/mol. The Balaban J connectivity index is 0.925. The number of hydrogen-bond donors (Lipinski definition) is 0. The first kappa shape index (κ1) is 36.2. The van der Waals surface area contributed by atoms with Crippen molar-refractivity contribution in [2.45, 2.75) is 19.3 Å². The lowest BCUT2D eigenvalue weighted by Crippen LogP contribution is -2.16. The van der Waals surface area contributed by atoms with E-state index in [4.69, 9.17) is 0 Å². The van der Waals surface area contributed by atoms with Crippen LogP contribution in [-0.4, -0.2) is 0 Å². The largest absolute Gasteiger partial charge is 0.310 e. The zero-order chi connectivity index (χ0) is 41.8. The van der Waals surface area contributed by atoms with Crippen LogP contribution in [0, 0.1) is 0 Å². The number of rotatable bonds is 6. The summed E-state index contributed by atoms with van der Waals surface area (Å²) in [7, 11) is 0. The second kappa shape index (κ2) is 13.7. The highest BCUT2D eigenvalue weighted by Gasteiger charge is 2.36. The first-order chi connectivity index (χ1) is 31.0. The molecule has 1 nitrogen and oxygen atoms in total. The predicted octanol–water partition coefficient (Wildman–Crippen LogP) is 17.6. The Labute approximate surface area is 371 Å². The van der Waals surface area contributed by atoms with E-state index in [1.165, 1.54) is 109 Å². The van der Waals surface area contributed by atoms with Gasteiger partial charge in [0.1, 0.15) is 0 Å². The van der Waals surface area contributed by atoms with Crippen molar-refractivity contribution in [3.8, 4) is 66.8 Å². The van der Waals surface area contributed by atoms with Crippen molar-refractivity contribution in [3.05, 3.63) is 223 Å². The van der Waals surface area contributed by atoms with Crippen LogP contribution in [0.1, 0.15) is 25.0 Å². The summed E-state index contributed by atoms with van der Waals surface area (Å²) in [4.78, 5) is 2.44. The van der Waals surface area contributed by atoms with Gasteiger partial charge in [0.15, 0.2) is 0 Å². The topological polar surface area (TPSA) is 3.24 Å². The van der Waals surface area contributed by atoms with Crippen LogP contribution in [0.4, 0.5) is 17.1 Å². The summed E-state index contributed by atoms with van der Waals surface area (Å²) < 4.78 is 2.66. The number of anilines is 3. The molecule has 0 fully saturated rings. The van der Waals surface area contributed by atoms with Crippen LogP contribution >= 0.6 is 11.3 Å². The maximum atomic E-state index is 2.44. The second-order valence-electron chi connectivity index (χ2n) is 17.6. The second-order valence-corrected chi connectivity index (χ2v) is 18.7. The minimum atomic E-state index is -0.177. The third-order valence-electron chi connectivity index (χ3n) is 13.9. The van der Waals surface area contributed by atoms with Crippen LogP contribution < -0.4 is 4.90 Å². The van der Waals surface area contributed by atoms with Crippen molar-refractivity contribution in [1.29, 1.82) is 0 Å². The highest BCUT2D eigenvalue weighted by atomic mass is 32.1. The van der Waals surface area contributed by atoms with Crippen LogP contribution in [0.15, 0.2) is 212 Å². The molecule has 0 unspecified atom stereocenters. The Bertz CT molecular complexity index is 3600. The lowest BCUT2D eigenvalue weighted by molar-refractivity contribution is 0.660. The Hall–Kier alpha value is -7.52. The summed E-state index contributed by atoms with van der Waals surface area (Å²) in [6.07, 6.45) is 0. The molecule has 1 aromatic heterocycles. The molecule has 296 valence electrons. The Morgan fingerprint density at radius 3 is 1.59 bits per heavy atom. The van der Waals surface area contributed by atoms with Gasteiger partial charge in [0.05, 0.1) is 0 Å². The fourth-order valence-electron chi connectivity index (χ4n) is 10.7. The summed E-state index contributed by atoms with van der Waals surface area (Å²) in [5.74, 6) is 0. The van der Waals surface area contributed by atoms with Gasteiger partial charge >= 0.3 is 0 Å². The molecular weight excluding hydrogens is 779 g/mol. The molecule has 1 heterocycles. The number of nitrogens with zero attached hydrogens (tertiary/aromatic N) is 1. The third kappa shape index (κ3) is 5.48. The molecule has 13 rings (SSSR count). The maximum Gasteiger partial charge on any atom is 0.0465 e. The maximum absolute atomic E-state index is 2.44. The molecule has 63 heavy (non-hydrogen) atoms. The molecule has 11 aromatic rings. The molecule has 0 saturated heterocycles. The van der Waals surface area contributed by atoms with E-state index in [9.17, 15) is 0 Å². The Morgan fingerprint density at radius 1 is 0.333 bits per heavy atom. The van der Waals surface area contributed by atoms with E-state index in [2.05, 4.69) is 231 Å². The third-order valence-corrected chi connectivity index (χ3v) is 15.1. The Kier molecular flexibility index (Phi) is 7.89. The SMILES string of the molecule is CC1(C)c2cc(-c3ccccc3)ccc2-c2ccc(N(c3ccc(-c4ccc5c6c(cccc46)-c4ccccc4-5)cc3)c3ccc(-c4cccc5c4sc4ccccc45)cc3)cc21. The molecule has 10 aromatic carbocycles. The predicted molar refractivity (Wildman–Crippen MR) is 270 cm³/mol. The van der Waals surface area contributed by atoms with Crippen molar-refractivity contribution in [2.75, 3.05) is 4.90 Å². The molecule has 0 radical (unpaired) electrons. The number of benzene rings is 10. The molecule has 2 aliphatic carbocycles. The van der Waals surface area contributed by atoms with Gasteiger partial charge in [-0.05, 0) is 137 Å². The molecule has 2 aliphatic rings. The fourth-order valence-corrected chi connectivity index (χ4v) is 12.0. The van der Waals surface area contributed by atoms with E-state index in [0.29, 0.717) is 0 Å². The zero-order valence-corrected chi connectivity index (χ0v) is 35.9. The van der Waals surface area contributed by atoms with Gasteiger partial charge in [-0.1, -0.05) is 178 Å². The smallest absolute Gasteiger partial charge is 0.0465 e.